The van der Waals surface area contributed by atoms with E-state index in [9.17, 15) is 13.6 Å². The van der Waals surface area contributed by atoms with Gasteiger partial charge in [-0.05, 0) is 63.7 Å². The van der Waals surface area contributed by atoms with Crippen LogP contribution in [0.25, 0.3) is 10.9 Å². The van der Waals surface area contributed by atoms with Gasteiger partial charge in [0.25, 0.3) is 5.03 Å². The summed E-state index contributed by atoms with van der Waals surface area (Å²) in [5.74, 6) is 0. The van der Waals surface area contributed by atoms with E-state index in [1.807, 2.05) is 19.0 Å². The quantitative estimate of drug-likeness (QED) is 0.749. The zero-order valence-electron chi connectivity index (χ0n) is 16.8. The van der Waals surface area contributed by atoms with E-state index in [1.165, 1.54) is 8.87 Å². The summed E-state index contributed by atoms with van der Waals surface area (Å²) >= 11 is 6.09. The molecule has 1 aliphatic heterocycles. The van der Waals surface area contributed by atoms with Crippen molar-refractivity contribution in [1.82, 2.24) is 13.8 Å². The zero-order chi connectivity index (χ0) is 20.9. The molecule has 0 radical (unpaired) electrons. The smallest absolute Gasteiger partial charge is 0.422 e. The number of nitrogens with zero attached hydrogens (tertiary/aromatic N) is 3. The van der Waals surface area contributed by atoms with Gasteiger partial charge < -0.3 is 9.64 Å². The van der Waals surface area contributed by atoms with E-state index < -0.39 is 22.1 Å². The predicted molar refractivity (Wildman–Crippen MR) is 111 cm³/mol. The third kappa shape index (κ3) is 4.11. The van der Waals surface area contributed by atoms with Gasteiger partial charge in [-0.3, -0.25) is 0 Å². The number of ether oxygens (including phenoxy) is 1. The van der Waals surface area contributed by atoms with Gasteiger partial charge in [-0.25, -0.2) is 9.36 Å². The first-order valence-corrected chi connectivity index (χ1v) is 11.0. The second-order valence-corrected chi connectivity index (χ2v) is 10.7. The SMILES string of the molecule is CN(C)[C@@H]1CCN([S+](=O)(O)c2cc3cc(Cl)ccc3n2C(=O)OC(C)(C)C)C1. The highest BCUT2D eigenvalue weighted by molar-refractivity contribution is 7.95. The first-order chi connectivity index (χ1) is 12.9. The van der Waals surface area contributed by atoms with E-state index in [4.69, 9.17) is 16.3 Å². The van der Waals surface area contributed by atoms with E-state index in [0.717, 1.165) is 6.42 Å². The first kappa shape index (κ1) is 21.3. The number of carbonyl (C=O) groups is 1. The Bertz CT molecular complexity index is 951. The van der Waals surface area contributed by atoms with Crippen LogP contribution in [0.5, 0.6) is 0 Å². The molecule has 154 valence electrons. The molecular weight excluding hydrogens is 402 g/mol. The summed E-state index contributed by atoms with van der Waals surface area (Å²) in [6.45, 7) is 6.18. The Morgan fingerprint density at radius 2 is 2.00 bits per heavy atom. The molecule has 2 aromatic rings. The summed E-state index contributed by atoms with van der Waals surface area (Å²) in [5.41, 5.74) is -0.254. The van der Waals surface area contributed by atoms with Gasteiger partial charge in [0.1, 0.15) is 5.60 Å². The molecule has 3 rings (SSSR count). The number of halogens is 1. The van der Waals surface area contributed by atoms with Crippen molar-refractivity contribution in [1.29, 1.82) is 0 Å². The Morgan fingerprint density at radius 1 is 1.32 bits per heavy atom. The third-order valence-electron chi connectivity index (χ3n) is 4.78. The lowest BCUT2D eigenvalue weighted by Crippen LogP contribution is -2.39. The lowest BCUT2D eigenvalue weighted by Gasteiger charge is -2.21. The van der Waals surface area contributed by atoms with E-state index in [2.05, 4.69) is 0 Å². The Morgan fingerprint density at radius 3 is 2.57 bits per heavy atom. The fourth-order valence-electron chi connectivity index (χ4n) is 3.34. The van der Waals surface area contributed by atoms with Crippen molar-refractivity contribution < 1.29 is 18.3 Å². The number of hydrogen-bond acceptors (Lipinski definition) is 4. The monoisotopic (exact) mass is 428 g/mol. The molecule has 2 heterocycles. The lowest BCUT2D eigenvalue weighted by atomic mass is 10.2. The molecule has 0 bridgehead atoms. The minimum atomic E-state index is -3.64. The average molecular weight is 429 g/mol. The molecule has 1 fully saturated rings. The molecule has 0 aliphatic carbocycles. The van der Waals surface area contributed by atoms with Crippen LogP contribution in [0.15, 0.2) is 29.3 Å². The highest BCUT2D eigenvalue weighted by atomic mass is 35.5. The van der Waals surface area contributed by atoms with Crippen molar-refractivity contribution in [3.8, 4) is 0 Å². The van der Waals surface area contributed by atoms with Crippen molar-refractivity contribution in [2.45, 2.75) is 43.9 Å². The molecular formula is C19H27ClN3O4S+. The van der Waals surface area contributed by atoms with Crippen molar-refractivity contribution >= 4 is 39.0 Å². The summed E-state index contributed by atoms with van der Waals surface area (Å²) in [4.78, 5) is 15.0. The van der Waals surface area contributed by atoms with Gasteiger partial charge in [0.2, 0.25) is 0 Å². The molecule has 1 aliphatic rings. The van der Waals surface area contributed by atoms with Crippen LogP contribution in [0.1, 0.15) is 27.2 Å². The third-order valence-corrected chi connectivity index (χ3v) is 6.90. The fourth-order valence-corrected chi connectivity index (χ4v) is 5.20. The van der Waals surface area contributed by atoms with E-state index in [0.29, 0.717) is 29.0 Å². The largest absolute Gasteiger partial charge is 0.443 e. The minimum absolute atomic E-state index is 0.0124. The Kier molecular flexibility index (Phi) is 5.64. The van der Waals surface area contributed by atoms with Crippen LogP contribution < -0.4 is 0 Å². The lowest BCUT2D eigenvalue weighted by molar-refractivity contribution is 0.0529. The fraction of sp³-hybridized carbons (Fsp3) is 0.526. The number of carbonyl (C=O) groups excluding carboxylic acids is 1. The minimum Gasteiger partial charge on any atom is -0.443 e. The van der Waals surface area contributed by atoms with Gasteiger partial charge in [-0.2, -0.15) is 4.55 Å². The second kappa shape index (κ2) is 7.42. The molecule has 0 spiro atoms. The normalized spacial score (nSPS) is 20.6. The number of rotatable bonds is 3. The molecule has 2 atom stereocenters. The van der Waals surface area contributed by atoms with Crippen LogP contribution in [0, 0.1) is 0 Å². The van der Waals surface area contributed by atoms with Crippen LogP contribution in [0.3, 0.4) is 0 Å². The molecule has 1 saturated heterocycles. The summed E-state index contributed by atoms with van der Waals surface area (Å²) in [6, 6.07) is 6.71. The van der Waals surface area contributed by atoms with E-state index in [-0.39, 0.29) is 11.1 Å². The number of fused-ring (bicyclic) bond motifs is 1. The predicted octanol–water partition coefficient (Wildman–Crippen LogP) is 3.96. The van der Waals surface area contributed by atoms with Gasteiger partial charge in [0, 0.05) is 29.1 Å². The van der Waals surface area contributed by atoms with Crippen LogP contribution in [-0.4, -0.2) is 63.2 Å². The van der Waals surface area contributed by atoms with Crippen LogP contribution in [0.4, 0.5) is 4.79 Å². The van der Waals surface area contributed by atoms with Gasteiger partial charge in [-0.1, -0.05) is 15.9 Å². The van der Waals surface area contributed by atoms with Gasteiger partial charge >= 0.3 is 16.5 Å². The maximum absolute atomic E-state index is 13.5. The van der Waals surface area contributed by atoms with Crippen molar-refractivity contribution in [3.05, 3.63) is 29.3 Å². The topological polar surface area (TPSA) is 75.0 Å². The van der Waals surface area contributed by atoms with Crippen molar-refractivity contribution in [2.24, 2.45) is 0 Å². The molecule has 0 saturated carbocycles. The standard InChI is InChI=1S/C19H26ClN3O4S/c1-19(2,3)27-18(24)23-16-7-6-14(20)10-13(16)11-17(23)28(25,26)22-9-8-15(12-22)21(4)5/h6-7,10-11,15H,8-9,12H2,1-5H3/p+1/t15-/m1/s1. The van der Waals surface area contributed by atoms with Gasteiger partial charge in [0.15, 0.2) is 0 Å². The number of hydrogen-bond donors (Lipinski definition) is 1. The zero-order valence-corrected chi connectivity index (χ0v) is 18.4. The molecule has 1 aromatic heterocycles. The molecule has 7 nitrogen and oxygen atoms in total. The van der Waals surface area contributed by atoms with Gasteiger partial charge in [-0.15, -0.1) is 0 Å². The highest BCUT2D eigenvalue weighted by Crippen LogP contribution is 2.33. The number of benzene rings is 1. The van der Waals surface area contributed by atoms with Crippen molar-refractivity contribution in [2.75, 3.05) is 27.2 Å². The Labute approximate surface area is 171 Å². The summed E-state index contributed by atoms with van der Waals surface area (Å²) in [6.07, 6.45) is 0.0909. The second-order valence-electron chi connectivity index (χ2n) is 8.29. The Balaban J connectivity index is 2.10. The summed E-state index contributed by atoms with van der Waals surface area (Å²) in [5, 5.41) is 1.11. The summed E-state index contributed by atoms with van der Waals surface area (Å²) in [7, 11) is 0.267. The highest BCUT2D eigenvalue weighted by Gasteiger charge is 2.47. The number of aromatic nitrogens is 1. The molecule has 1 unspecified atom stereocenters. The van der Waals surface area contributed by atoms with Crippen LogP contribution in [-0.2, 0) is 19.3 Å². The Hall–Kier alpha value is -1.45. The maximum atomic E-state index is 13.5. The molecule has 28 heavy (non-hydrogen) atoms. The van der Waals surface area contributed by atoms with Gasteiger partial charge in [0.05, 0.1) is 12.1 Å². The van der Waals surface area contributed by atoms with Crippen molar-refractivity contribution in [3.63, 3.8) is 0 Å². The van der Waals surface area contributed by atoms with E-state index >= 15 is 0 Å². The van der Waals surface area contributed by atoms with E-state index in [1.54, 1.807) is 45.0 Å². The summed E-state index contributed by atoms with van der Waals surface area (Å²) < 4.78 is 32.8. The molecule has 9 heteroatoms. The first-order valence-electron chi connectivity index (χ1n) is 9.13. The van der Waals surface area contributed by atoms with Crippen LogP contribution in [0.2, 0.25) is 5.02 Å². The average Bonchev–Trinajstić information content (AvgIpc) is 3.18. The molecule has 1 aromatic carbocycles. The molecule has 1 N–H and O–H groups in total. The number of likely N-dealkylation sites (N-methyl/N-ethyl adjacent to an activating group) is 1. The maximum Gasteiger partial charge on any atom is 0.422 e. The molecule has 0 amide bonds. The van der Waals surface area contributed by atoms with Crippen LogP contribution >= 0.6 is 11.6 Å².